The number of aryl methyl sites for hydroxylation is 1. The Balaban J connectivity index is 2.04. The number of halogens is 1. The van der Waals surface area contributed by atoms with Gasteiger partial charge in [-0.2, -0.15) is 0 Å². The Morgan fingerprint density at radius 2 is 2.31 bits per heavy atom. The lowest BCUT2D eigenvalue weighted by Gasteiger charge is -2.24. The van der Waals surface area contributed by atoms with E-state index in [4.69, 9.17) is 0 Å². The fourth-order valence-electron chi connectivity index (χ4n) is 2.22. The van der Waals surface area contributed by atoms with E-state index in [0.717, 1.165) is 25.2 Å². The minimum atomic E-state index is -0.140. The second-order valence-electron chi connectivity index (χ2n) is 4.63. The van der Waals surface area contributed by atoms with Crippen LogP contribution in [0.2, 0.25) is 0 Å². The second kappa shape index (κ2) is 4.93. The Bertz CT molecular complexity index is 359. The molecule has 1 N–H and O–H groups in total. The van der Waals surface area contributed by atoms with Gasteiger partial charge in [-0.3, -0.25) is 4.90 Å². The largest absolute Gasteiger partial charge is 0.315 e. The molecule has 88 valence electrons. The Labute approximate surface area is 96.5 Å². The van der Waals surface area contributed by atoms with E-state index >= 15 is 0 Å². The lowest BCUT2D eigenvalue weighted by Crippen LogP contribution is -2.33. The van der Waals surface area contributed by atoms with E-state index in [2.05, 4.69) is 17.3 Å². The van der Waals surface area contributed by atoms with Crippen LogP contribution in [0.3, 0.4) is 0 Å². The zero-order valence-electron chi connectivity index (χ0n) is 9.96. The molecule has 3 heteroatoms. The molecule has 0 amide bonds. The molecule has 1 heterocycles. The molecule has 1 atom stereocenters. The Kier molecular flexibility index (Phi) is 3.56. The number of rotatable bonds is 3. The molecule has 0 spiro atoms. The molecule has 1 aliphatic rings. The van der Waals surface area contributed by atoms with E-state index in [0.29, 0.717) is 6.04 Å². The van der Waals surface area contributed by atoms with Crippen LogP contribution in [0.4, 0.5) is 4.39 Å². The van der Waals surface area contributed by atoms with Gasteiger partial charge in [0.25, 0.3) is 0 Å². The van der Waals surface area contributed by atoms with Crippen molar-refractivity contribution in [1.29, 1.82) is 0 Å². The van der Waals surface area contributed by atoms with E-state index in [9.17, 15) is 4.39 Å². The molecule has 1 aromatic carbocycles. The van der Waals surface area contributed by atoms with Gasteiger partial charge >= 0.3 is 0 Å². The van der Waals surface area contributed by atoms with Crippen molar-refractivity contribution in [3.8, 4) is 0 Å². The van der Waals surface area contributed by atoms with Gasteiger partial charge in [-0.15, -0.1) is 0 Å². The lowest BCUT2D eigenvalue weighted by atomic mass is 10.1. The maximum atomic E-state index is 13.1. The van der Waals surface area contributed by atoms with Gasteiger partial charge in [-0.1, -0.05) is 6.07 Å². The van der Waals surface area contributed by atoms with Gasteiger partial charge in [0.2, 0.25) is 0 Å². The third-order valence-electron chi connectivity index (χ3n) is 3.39. The second-order valence-corrected chi connectivity index (χ2v) is 4.63. The van der Waals surface area contributed by atoms with Crippen molar-refractivity contribution < 1.29 is 4.39 Å². The monoisotopic (exact) mass is 222 g/mol. The fraction of sp³-hybridized carbons (Fsp3) is 0.538. The summed E-state index contributed by atoms with van der Waals surface area (Å²) in [4.78, 5) is 2.31. The minimum Gasteiger partial charge on any atom is -0.315 e. The van der Waals surface area contributed by atoms with Crippen LogP contribution in [0.15, 0.2) is 18.2 Å². The van der Waals surface area contributed by atoms with Crippen molar-refractivity contribution in [2.24, 2.45) is 0 Å². The minimum absolute atomic E-state index is 0.140. The zero-order valence-corrected chi connectivity index (χ0v) is 9.96. The fourth-order valence-corrected chi connectivity index (χ4v) is 2.22. The molecule has 1 unspecified atom stereocenters. The normalized spacial score (nSPS) is 20.6. The Hall–Kier alpha value is -0.930. The summed E-state index contributed by atoms with van der Waals surface area (Å²) in [6.45, 7) is 5.01. The van der Waals surface area contributed by atoms with Crippen molar-refractivity contribution >= 4 is 0 Å². The predicted molar refractivity (Wildman–Crippen MR) is 63.9 cm³/mol. The van der Waals surface area contributed by atoms with Crippen molar-refractivity contribution in [3.05, 3.63) is 35.1 Å². The Morgan fingerprint density at radius 1 is 1.50 bits per heavy atom. The molecule has 0 radical (unpaired) electrons. The number of nitrogens with zero attached hydrogens (tertiary/aromatic N) is 1. The third-order valence-corrected chi connectivity index (χ3v) is 3.39. The van der Waals surface area contributed by atoms with Crippen LogP contribution >= 0.6 is 0 Å². The number of nitrogens with one attached hydrogen (secondary N) is 1. The average Bonchev–Trinajstić information content (AvgIpc) is 2.76. The molecular weight excluding hydrogens is 203 g/mol. The number of hydrogen-bond acceptors (Lipinski definition) is 2. The van der Waals surface area contributed by atoms with Gasteiger partial charge in [0.1, 0.15) is 5.82 Å². The molecular formula is C13H19FN2. The van der Waals surface area contributed by atoms with E-state index in [1.54, 1.807) is 6.07 Å². The van der Waals surface area contributed by atoms with Crippen molar-refractivity contribution in [1.82, 2.24) is 10.2 Å². The van der Waals surface area contributed by atoms with Crippen LogP contribution in [0.1, 0.15) is 17.5 Å². The van der Waals surface area contributed by atoms with Crippen LogP contribution in [0.5, 0.6) is 0 Å². The summed E-state index contributed by atoms with van der Waals surface area (Å²) in [5.41, 5.74) is 2.26. The maximum Gasteiger partial charge on any atom is 0.123 e. The van der Waals surface area contributed by atoms with Crippen molar-refractivity contribution in [2.45, 2.75) is 25.9 Å². The topological polar surface area (TPSA) is 15.3 Å². The highest BCUT2D eigenvalue weighted by Gasteiger charge is 2.19. The zero-order chi connectivity index (χ0) is 11.5. The average molecular weight is 222 g/mol. The molecule has 0 bridgehead atoms. The molecule has 0 saturated carbocycles. The van der Waals surface area contributed by atoms with Gasteiger partial charge in [-0.05, 0) is 50.2 Å². The van der Waals surface area contributed by atoms with Crippen molar-refractivity contribution in [2.75, 3.05) is 20.1 Å². The van der Waals surface area contributed by atoms with E-state index in [1.165, 1.54) is 18.1 Å². The molecule has 0 aromatic heterocycles. The van der Waals surface area contributed by atoms with Gasteiger partial charge in [-0.25, -0.2) is 4.39 Å². The van der Waals surface area contributed by atoms with Crippen molar-refractivity contribution in [3.63, 3.8) is 0 Å². The third kappa shape index (κ3) is 2.60. The maximum absolute atomic E-state index is 13.1. The summed E-state index contributed by atoms with van der Waals surface area (Å²) in [6, 6.07) is 5.61. The molecule has 2 nitrogen and oxygen atoms in total. The van der Waals surface area contributed by atoms with E-state index in [-0.39, 0.29) is 5.82 Å². The standard InChI is InChI=1S/C13H19FN2/c1-10-3-4-12(14)7-11(10)9-16(2)13-5-6-15-8-13/h3-4,7,13,15H,5-6,8-9H2,1-2H3. The number of hydrogen-bond donors (Lipinski definition) is 1. The number of benzene rings is 1. The Morgan fingerprint density at radius 3 is 3.00 bits per heavy atom. The lowest BCUT2D eigenvalue weighted by molar-refractivity contribution is 0.248. The van der Waals surface area contributed by atoms with Crippen LogP contribution in [-0.2, 0) is 6.54 Å². The van der Waals surface area contributed by atoms with Gasteiger partial charge in [0, 0.05) is 19.1 Å². The first-order valence-corrected chi connectivity index (χ1v) is 5.83. The number of likely N-dealkylation sites (N-methyl/N-ethyl adjacent to an activating group) is 1. The summed E-state index contributed by atoms with van der Waals surface area (Å²) in [7, 11) is 2.11. The molecule has 0 aliphatic carbocycles. The SMILES string of the molecule is Cc1ccc(F)cc1CN(C)C1CCNC1. The van der Waals surface area contributed by atoms with Gasteiger partial charge in [0.15, 0.2) is 0 Å². The summed E-state index contributed by atoms with van der Waals surface area (Å²) < 4.78 is 13.1. The highest BCUT2D eigenvalue weighted by atomic mass is 19.1. The van der Waals surface area contributed by atoms with Gasteiger partial charge in [0.05, 0.1) is 0 Å². The molecule has 2 rings (SSSR count). The highest BCUT2D eigenvalue weighted by Crippen LogP contribution is 2.15. The smallest absolute Gasteiger partial charge is 0.123 e. The first kappa shape index (κ1) is 11.6. The summed E-state index contributed by atoms with van der Waals surface area (Å²) in [5.74, 6) is -0.140. The first-order chi connectivity index (χ1) is 7.66. The van der Waals surface area contributed by atoms with Crippen LogP contribution in [0, 0.1) is 12.7 Å². The molecule has 1 saturated heterocycles. The molecule has 1 aliphatic heterocycles. The predicted octanol–water partition coefficient (Wildman–Crippen LogP) is 1.93. The van der Waals surface area contributed by atoms with Crippen LogP contribution < -0.4 is 5.32 Å². The van der Waals surface area contributed by atoms with Crippen LogP contribution in [-0.4, -0.2) is 31.1 Å². The van der Waals surface area contributed by atoms with E-state index < -0.39 is 0 Å². The van der Waals surface area contributed by atoms with E-state index in [1.807, 2.05) is 13.0 Å². The van der Waals surface area contributed by atoms with Crippen LogP contribution in [0.25, 0.3) is 0 Å². The molecule has 1 aromatic rings. The highest BCUT2D eigenvalue weighted by molar-refractivity contribution is 5.26. The molecule has 1 fully saturated rings. The molecule has 16 heavy (non-hydrogen) atoms. The summed E-state index contributed by atoms with van der Waals surface area (Å²) >= 11 is 0. The quantitative estimate of drug-likeness (QED) is 0.840. The van der Waals surface area contributed by atoms with Gasteiger partial charge < -0.3 is 5.32 Å². The summed E-state index contributed by atoms with van der Waals surface area (Å²) in [6.07, 6.45) is 1.19. The first-order valence-electron chi connectivity index (χ1n) is 5.83. The summed E-state index contributed by atoms with van der Waals surface area (Å²) in [5, 5.41) is 3.35.